The monoisotopic (exact) mass is 571 g/mol. The highest BCUT2D eigenvalue weighted by Gasteiger charge is 2.30. The first-order valence-electron chi connectivity index (χ1n) is 13.7. The van der Waals surface area contributed by atoms with Crippen LogP contribution in [0.5, 0.6) is 0 Å². The second kappa shape index (κ2) is 13.1. The molecule has 5 rings (SSSR count). The Morgan fingerprint density at radius 3 is 2.74 bits per heavy atom. The number of benzene rings is 1. The molecule has 208 valence electrons. The summed E-state index contributed by atoms with van der Waals surface area (Å²) in [5.74, 6) is 0.287. The molecule has 0 spiro atoms. The number of aromatic nitrogens is 4. The Morgan fingerprint density at radius 2 is 1.95 bits per heavy atom. The first kappa shape index (κ1) is 27.8. The molecule has 2 fully saturated rings. The minimum absolute atomic E-state index is 0.101. The molecule has 1 saturated carbocycles. The van der Waals surface area contributed by atoms with Gasteiger partial charge in [0.2, 0.25) is 0 Å². The second-order valence-electron chi connectivity index (χ2n) is 10.3. The average Bonchev–Trinajstić information content (AvgIpc) is 3.62. The Kier molecular flexibility index (Phi) is 9.34. The third-order valence-corrected chi connectivity index (χ3v) is 8.23. The largest absolute Gasteiger partial charge is 0.461 e. The smallest absolute Gasteiger partial charge is 0.323 e. The van der Waals surface area contributed by atoms with Crippen molar-refractivity contribution in [3.8, 4) is 11.3 Å². The average molecular weight is 573 g/mol. The van der Waals surface area contributed by atoms with E-state index in [0.29, 0.717) is 46.6 Å². The minimum atomic E-state index is -0.236. The number of nitrogens with one attached hydrogen (secondary N) is 2. The van der Waals surface area contributed by atoms with Gasteiger partial charge in [-0.15, -0.1) is 0 Å². The molecule has 4 N–H and O–H groups in total. The van der Waals surface area contributed by atoms with Gasteiger partial charge in [-0.2, -0.15) is 5.10 Å². The van der Waals surface area contributed by atoms with Crippen molar-refractivity contribution in [2.45, 2.75) is 76.1 Å². The highest BCUT2D eigenvalue weighted by atomic mass is 35.5. The summed E-state index contributed by atoms with van der Waals surface area (Å²) in [4.78, 5) is 21.7. The number of nitrogens with zero attached hydrogens (tertiary/aromatic N) is 4. The summed E-state index contributed by atoms with van der Waals surface area (Å²) in [6.07, 6.45) is 12.7. The van der Waals surface area contributed by atoms with Crippen LogP contribution < -0.4 is 16.4 Å². The lowest BCUT2D eigenvalue weighted by atomic mass is 9.99. The van der Waals surface area contributed by atoms with Gasteiger partial charge in [-0.25, -0.2) is 9.97 Å². The molecule has 1 aromatic carbocycles. The molecule has 2 aliphatic rings. The van der Waals surface area contributed by atoms with Gasteiger partial charge in [0.25, 0.3) is 0 Å². The lowest BCUT2D eigenvalue weighted by molar-refractivity contribution is -0.152. The lowest BCUT2D eigenvalue weighted by Gasteiger charge is -2.30. The zero-order valence-corrected chi connectivity index (χ0v) is 23.4. The quantitative estimate of drug-likeness (QED) is 0.309. The van der Waals surface area contributed by atoms with Gasteiger partial charge in [-0.3, -0.25) is 9.48 Å². The third-order valence-electron chi connectivity index (χ3n) is 7.53. The molecular weight excluding hydrogens is 537 g/mol. The van der Waals surface area contributed by atoms with Crippen LogP contribution in [0.2, 0.25) is 10.0 Å². The number of hydrogen-bond acceptors (Lipinski definition) is 8. The van der Waals surface area contributed by atoms with Crippen molar-refractivity contribution < 1.29 is 9.53 Å². The third kappa shape index (κ3) is 7.28. The number of aryl methyl sites for hydroxylation is 1. The number of piperidine rings is 1. The van der Waals surface area contributed by atoms with E-state index in [2.05, 4.69) is 20.7 Å². The standard InChI is InChI=1S/C28H35Cl2N7O2/c29-22-6-3-7-23(30)21(22)8-9-24-27(31)34-16-26(36-24)18-15-35-37(17-18)13-12-32-19-10-11-33-25(14-19)28(38)39-20-4-1-2-5-20/h3,6-7,15-17,19-20,25,32-33H,1-2,4-5,8-14H2,(H2,31,34)/t19?,25-/m0/s1. The van der Waals surface area contributed by atoms with Gasteiger partial charge in [0.15, 0.2) is 0 Å². The van der Waals surface area contributed by atoms with Crippen molar-refractivity contribution in [2.24, 2.45) is 0 Å². The van der Waals surface area contributed by atoms with Crippen LogP contribution in [0.15, 0.2) is 36.8 Å². The first-order chi connectivity index (χ1) is 19.0. The Labute approximate surface area is 238 Å². The van der Waals surface area contributed by atoms with Gasteiger partial charge in [0.05, 0.1) is 30.3 Å². The van der Waals surface area contributed by atoms with E-state index in [9.17, 15) is 4.79 Å². The fourth-order valence-corrected chi connectivity index (χ4v) is 5.90. The van der Waals surface area contributed by atoms with Gasteiger partial charge in [-0.1, -0.05) is 29.3 Å². The number of nitrogens with two attached hydrogens (primary N) is 1. The number of rotatable bonds is 10. The van der Waals surface area contributed by atoms with Crippen LogP contribution in [0, 0.1) is 0 Å². The zero-order chi connectivity index (χ0) is 27.2. The van der Waals surface area contributed by atoms with E-state index < -0.39 is 0 Å². The van der Waals surface area contributed by atoms with Gasteiger partial charge in [0.1, 0.15) is 18.0 Å². The van der Waals surface area contributed by atoms with Gasteiger partial charge < -0.3 is 21.1 Å². The van der Waals surface area contributed by atoms with Crippen LogP contribution >= 0.6 is 23.2 Å². The summed E-state index contributed by atoms with van der Waals surface area (Å²) >= 11 is 12.6. The maximum Gasteiger partial charge on any atom is 0.323 e. The lowest BCUT2D eigenvalue weighted by Crippen LogP contribution is -2.51. The summed E-state index contributed by atoms with van der Waals surface area (Å²) in [5.41, 5.74) is 9.27. The number of halogens is 2. The number of nitrogen functional groups attached to an aromatic ring is 1. The molecule has 3 heterocycles. The number of esters is 1. The number of hydrogen-bond donors (Lipinski definition) is 3. The first-order valence-corrected chi connectivity index (χ1v) is 14.5. The van der Waals surface area contributed by atoms with E-state index in [1.807, 2.05) is 29.1 Å². The predicted octanol–water partition coefficient (Wildman–Crippen LogP) is 4.21. The fourth-order valence-electron chi connectivity index (χ4n) is 5.31. The van der Waals surface area contributed by atoms with E-state index in [4.69, 9.17) is 38.7 Å². The summed E-state index contributed by atoms with van der Waals surface area (Å²) in [5, 5.41) is 12.7. The van der Waals surface area contributed by atoms with Crippen molar-refractivity contribution in [3.05, 3.63) is 58.1 Å². The van der Waals surface area contributed by atoms with Crippen LogP contribution in [0.3, 0.4) is 0 Å². The molecular formula is C28H35Cl2N7O2. The highest BCUT2D eigenvalue weighted by Crippen LogP contribution is 2.27. The van der Waals surface area contributed by atoms with Crippen LogP contribution in [0.4, 0.5) is 5.82 Å². The van der Waals surface area contributed by atoms with E-state index >= 15 is 0 Å². The zero-order valence-electron chi connectivity index (χ0n) is 21.9. The van der Waals surface area contributed by atoms with E-state index in [-0.39, 0.29) is 24.2 Å². The molecule has 0 radical (unpaired) electrons. The Hall–Kier alpha value is -2.72. The molecule has 0 bridgehead atoms. The summed E-state index contributed by atoms with van der Waals surface area (Å²) in [6, 6.07) is 5.51. The molecule has 2 atom stereocenters. The van der Waals surface area contributed by atoms with Gasteiger partial charge in [-0.05, 0) is 75.6 Å². The number of ether oxygens (including phenoxy) is 1. The SMILES string of the molecule is Nc1ncc(-c2cnn(CCNC3CCN[C@H](C(=O)OC4CCCC4)C3)c2)nc1CCc1c(Cl)cccc1Cl. The Morgan fingerprint density at radius 1 is 1.15 bits per heavy atom. The van der Waals surface area contributed by atoms with Crippen molar-refractivity contribution in [1.29, 1.82) is 0 Å². The summed E-state index contributed by atoms with van der Waals surface area (Å²) in [6.45, 7) is 2.24. The molecule has 39 heavy (non-hydrogen) atoms. The maximum atomic E-state index is 12.6. The maximum absolute atomic E-state index is 12.6. The van der Waals surface area contributed by atoms with Crippen LogP contribution in [-0.2, 0) is 28.9 Å². The van der Waals surface area contributed by atoms with Gasteiger partial charge >= 0.3 is 5.97 Å². The molecule has 1 aliphatic carbocycles. The minimum Gasteiger partial charge on any atom is -0.461 e. The summed E-state index contributed by atoms with van der Waals surface area (Å²) in [7, 11) is 0. The number of anilines is 1. The molecule has 0 amide bonds. The molecule has 1 saturated heterocycles. The Bertz CT molecular complexity index is 1260. The molecule has 3 aromatic rings. The fraction of sp³-hybridized carbons (Fsp3) is 0.500. The number of carbonyl (C=O) groups is 1. The van der Waals surface area contributed by atoms with E-state index in [1.54, 1.807) is 12.4 Å². The van der Waals surface area contributed by atoms with E-state index in [1.165, 1.54) is 0 Å². The van der Waals surface area contributed by atoms with Crippen molar-refractivity contribution in [2.75, 3.05) is 18.8 Å². The van der Waals surface area contributed by atoms with Crippen molar-refractivity contribution in [1.82, 2.24) is 30.4 Å². The van der Waals surface area contributed by atoms with Gasteiger partial charge in [0, 0.05) is 34.4 Å². The molecule has 1 unspecified atom stereocenters. The topological polar surface area (TPSA) is 120 Å². The van der Waals surface area contributed by atoms with Crippen LogP contribution in [0.25, 0.3) is 11.3 Å². The van der Waals surface area contributed by atoms with Crippen molar-refractivity contribution >= 4 is 35.0 Å². The molecule has 11 heteroatoms. The second-order valence-corrected chi connectivity index (χ2v) is 11.1. The molecule has 1 aliphatic heterocycles. The summed E-state index contributed by atoms with van der Waals surface area (Å²) < 4.78 is 7.59. The molecule has 9 nitrogen and oxygen atoms in total. The van der Waals surface area contributed by atoms with Crippen LogP contribution in [0.1, 0.15) is 49.8 Å². The van der Waals surface area contributed by atoms with Crippen molar-refractivity contribution in [3.63, 3.8) is 0 Å². The van der Waals surface area contributed by atoms with Crippen LogP contribution in [-0.4, -0.2) is 57.0 Å². The number of carbonyl (C=O) groups excluding carboxylic acids is 1. The Balaban J connectivity index is 1.12. The normalized spacial score (nSPS) is 19.8. The predicted molar refractivity (Wildman–Crippen MR) is 153 cm³/mol. The highest BCUT2D eigenvalue weighted by molar-refractivity contribution is 6.36. The van der Waals surface area contributed by atoms with E-state index in [0.717, 1.165) is 62.7 Å². The molecule has 2 aromatic heterocycles.